The van der Waals surface area contributed by atoms with E-state index in [1.807, 2.05) is 5.38 Å². The molecule has 0 radical (unpaired) electrons. The molecule has 1 aliphatic heterocycles. The fraction of sp³-hybridized carbons (Fsp3) is 0.200. The standard InChI is InChI=1S/C20H18ClN3OS/c21-17-7-3-6-15(10-17)19(25)23-20-22-18(13-26-20)12-24-9-8-14-4-1-2-5-16(14)11-24/h1-7,10,13H,8-9,11-12H2,(H,22,23,25). The highest BCUT2D eigenvalue weighted by atomic mass is 35.5. The van der Waals surface area contributed by atoms with Gasteiger partial charge in [-0.05, 0) is 35.7 Å². The summed E-state index contributed by atoms with van der Waals surface area (Å²) in [7, 11) is 0. The molecule has 0 unspecified atom stereocenters. The maximum atomic E-state index is 12.3. The van der Waals surface area contributed by atoms with Crippen LogP contribution in [0.4, 0.5) is 5.13 Å². The zero-order valence-electron chi connectivity index (χ0n) is 14.1. The average Bonchev–Trinajstić information content (AvgIpc) is 3.08. The van der Waals surface area contributed by atoms with E-state index in [-0.39, 0.29) is 5.91 Å². The number of anilines is 1. The summed E-state index contributed by atoms with van der Waals surface area (Å²) in [6, 6.07) is 15.5. The van der Waals surface area contributed by atoms with E-state index in [9.17, 15) is 4.79 Å². The molecule has 0 fully saturated rings. The van der Waals surface area contributed by atoms with Crippen LogP contribution < -0.4 is 5.32 Å². The minimum Gasteiger partial charge on any atom is -0.298 e. The first-order valence-electron chi connectivity index (χ1n) is 8.48. The first-order chi connectivity index (χ1) is 12.7. The summed E-state index contributed by atoms with van der Waals surface area (Å²) in [4.78, 5) is 19.2. The number of nitrogens with zero attached hydrogens (tertiary/aromatic N) is 2. The highest BCUT2D eigenvalue weighted by Gasteiger charge is 2.17. The molecule has 4 nitrogen and oxygen atoms in total. The van der Waals surface area contributed by atoms with Crippen LogP contribution in [-0.2, 0) is 19.5 Å². The van der Waals surface area contributed by atoms with Crippen molar-refractivity contribution in [1.82, 2.24) is 9.88 Å². The third-order valence-electron chi connectivity index (χ3n) is 4.45. The van der Waals surface area contributed by atoms with E-state index >= 15 is 0 Å². The summed E-state index contributed by atoms with van der Waals surface area (Å²) in [5.74, 6) is -0.194. The summed E-state index contributed by atoms with van der Waals surface area (Å²) in [5.41, 5.74) is 4.35. The van der Waals surface area contributed by atoms with E-state index in [1.165, 1.54) is 22.5 Å². The molecule has 1 aliphatic rings. The summed E-state index contributed by atoms with van der Waals surface area (Å²) >= 11 is 7.39. The van der Waals surface area contributed by atoms with Crippen LogP contribution in [0.15, 0.2) is 53.9 Å². The topological polar surface area (TPSA) is 45.2 Å². The zero-order valence-corrected chi connectivity index (χ0v) is 15.7. The number of fused-ring (bicyclic) bond motifs is 1. The number of hydrogen-bond donors (Lipinski definition) is 1. The fourth-order valence-corrected chi connectivity index (χ4v) is 4.04. The highest BCUT2D eigenvalue weighted by molar-refractivity contribution is 7.14. The Kier molecular flexibility index (Phi) is 5.02. The predicted octanol–water partition coefficient (Wildman–Crippen LogP) is 4.61. The van der Waals surface area contributed by atoms with Gasteiger partial charge < -0.3 is 0 Å². The minimum absolute atomic E-state index is 0.194. The summed E-state index contributed by atoms with van der Waals surface area (Å²) in [6.45, 7) is 2.76. The fourth-order valence-electron chi connectivity index (χ4n) is 3.15. The van der Waals surface area contributed by atoms with Gasteiger partial charge in [0.15, 0.2) is 5.13 Å². The van der Waals surface area contributed by atoms with Gasteiger partial charge in [0.2, 0.25) is 0 Å². The van der Waals surface area contributed by atoms with Gasteiger partial charge in [0.25, 0.3) is 5.91 Å². The van der Waals surface area contributed by atoms with Crippen molar-refractivity contribution < 1.29 is 4.79 Å². The zero-order chi connectivity index (χ0) is 17.9. The number of benzene rings is 2. The Morgan fingerprint density at radius 1 is 1.19 bits per heavy atom. The Balaban J connectivity index is 1.39. The van der Waals surface area contributed by atoms with Gasteiger partial charge in [-0.15, -0.1) is 11.3 Å². The van der Waals surface area contributed by atoms with E-state index < -0.39 is 0 Å². The largest absolute Gasteiger partial charge is 0.298 e. The number of aromatic nitrogens is 1. The molecule has 0 saturated heterocycles. The van der Waals surface area contributed by atoms with Crippen molar-refractivity contribution in [3.63, 3.8) is 0 Å². The van der Waals surface area contributed by atoms with Crippen molar-refractivity contribution in [1.29, 1.82) is 0 Å². The minimum atomic E-state index is -0.194. The van der Waals surface area contributed by atoms with Gasteiger partial charge in [0.1, 0.15) is 0 Å². The van der Waals surface area contributed by atoms with Crippen LogP contribution in [0.5, 0.6) is 0 Å². The number of hydrogen-bond acceptors (Lipinski definition) is 4. The van der Waals surface area contributed by atoms with Gasteiger partial charge in [-0.25, -0.2) is 4.98 Å². The van der Waals surface area contributed by atoms with E-state index in [0.717, 1.165) is 31.7 Å². The maximum Gasteiger partial charge on any atom is 0.257 e. The van der Waals surface area contributed by atoms with Crippen molar-refractivity contribution in [3.05, 3.63) is 81.3 Å². The number of thiazole rings is 1. The van der Waals surface area contributed by atoms with Crippen LogP contribution in [0, 0.1) is 0 Å². The number of rotatable bonds is 4. The van der Waals surface area contributed by atoms with Gasteiger partial charge >= 0.3 is 0 Å². The molecule has 0 aliphatic carbocycles. The molecular formula is C20H18ClN3OS. The number of amides is 1. The third kappa shape index (κ3) is 3.96. The van der Waals surface area contributed by atoms with Gasteiger partial charge in [-0.3, -0.25) is 15.0 Å². The molecule has 2 aromatic carbocycles. The molecule has 0 bridgehead atoms. The SMILES string of the molecule is O=C(Nc1nc(CN2CCc3ccccc3C2)cs1)c1cccc(Cl)c1. The second kappa shape index (κ2) is 7.58. The number of carbonyl (C=O) groups excluding carboxylic acids is 1. The van der Waals surface area contributed by atoms with Crippen molar-refractivity contribution in [2.75, 3.05) is 11.9 Å². The van der Waals surface area contributed by atoms with Gasteiger partial charge in [0, 0.05) is 35.6 Å². The Morgan fingerprint density at radius 3 is 2.88 bits per heavy atom. The Hall–Kier alpha value is -2.21. The molecule has 1 amide bonds. The molecule has 2 heterocycles. The maximum absolute atomic E-state index is 12.3. The first kappa shape index (κ1) is 17.2. The molecule has 0 spiro atoms. The van der Waals surface area contributed by atoms with Crippen LogP contribution in [0.1, 0.15) is 27.2 Å². The monoisotopic (exact) mass is 383 g/mol. The van der Waals surface area contributed by atoms with Gasteiger partial charge in [-0.1, -0.05) is 41.9 Å². The van der Waals surface area contributed by atoms with Crippen LogP contribution in [0.3, 0.4) is 0 Å². The molecule has 6 heteroatoms. The van der Waals surface area contributed by atoms with Crippen LogP contribution >= 0.6 is 22.9 Å². The lowest BCUT2D eigenvalue weighted by Crippen LogP contribution is -2.30. The summed E-state index contributed by atoms with van der Waals surface area (Å²) in [5, 5.41) is 6.02. The first-order valence-corrected chi connectivity index (χ1v) is 9.73. The molecule has 26 heavy (non-hydrogen) atoms. The van der Waals surface area contributed by atoms with E-state index in [0.29, 0.717) is 15.7 Å². The molecule has 132 valence electrons. The number of nitrogens with one attached hydrogen (secondary N) is 1. The van der Waals surface area contributed by atoms with Crippen LogP contribution in [0.25, 0.3) is 0 Å². The molecule has 1 N–H and O–H groups in total. The second-order valence-corrected chi connectivity index (χ2v) is 7.63. The van der Waals surface area contributed by atoms with Crippen LogP contribution in [-0.4, -0.2) is 22.3 Å². The highest BCUT2D eigenvalue weighted by Crippen LogP contribution is 2.23. The quantitative estimate of drug-likeness (QED) is 0.715. The third-order valence-corrected chi connectivity index (χ3v) is 5.50. The lowest BCUT2D eigenvalue weighted by atomic mass is 10.00. The molecular weight excluding hydrogens is 366 g/mol. The van der Waals surface area contributed by atoms with E-state index in [4.69, 9.17) is 11.6 Å². The average molecular weight is 384 g/mol. The van der Waals surface area contributed by atoms with Crippen molar-refractivity contribution in [3.8, 4) is 0 Å². The summed E-state index contributed by atoms with van der Waals surface area (Å²) in [6.07, 6.45) is 1.07. The van der Waals surface area contributed by atoms with Gasteiger partial charge in [-0.2, -0.15) is 0 Å². The number of carbonyl (C=O) groups is 1. The molecule has 0 atom stereocenters. The molecule has 4 rings (SSSR count). The lowest BCUT2D eigenvalue weighted by Gasteiger charge is -2.27. The lowest BCUT2D eigenvalue weighted by molar-refractivity contribution is 0.102. The molecule has 0 saturated carbocycles. The molecule has 1 aromatic heterocycles. The Morgan fingerprint density at radius 2 is 2.04 bits per heavy atom. The Bertz CT molecular complexity index is 940. The predicted molar refractivity (Wildman–Crippen MR) is 106 cm³/mol. The Labute approximate surface area is 161 Å². The second-order valence-electron chi connectivity index (χ2n) is 6.34. The number of halogens is 1. The van der Waals surface area contributed by atoms with Crippen molar-refractivity contribution in [2.24, 2.45) is 0 Å². The van der Waals surface area contributed by atoms with Gasteiger partial charge in [0.05, 0.1) is 5.69 Å². The van der Waals surface area contributed by atoms with E-state index in [1.54, 1.807) is 24.3 Å². The smallest absolute Gasteiger partial charge is 0.257 e. The summed E-state index contributed by atoms with van der Waals surface area (Å²) < 4.78 is 0. The van der Waals surface area contributed by atoms with Crippen LogP contribution in [0.2, 0.25) is 5.02 Å². The van der Waals surface area contributed by atoms with E-state index in [2.05, 4.69) is 39.5 Å². The normalized spacial score (nSPS) is 14.0. The van der Waals surface area contributed by atoms with Crippen molar-refractivity contribution in [2.45, 2.75) is 19.5 Å². The van der Waals surface area contributed by atoms with Crippen molar-refractivity contribution >= 4 is 34.0 Å². The molecule has 3 aromatic rings.